The third kappa shape index (κ3) is 8.58. The smallest absolute Gasteiger partial charge is 0.244 e. The second kappa shape index (κ2) is 14.5. The van der Waals surface area contributed by atoms with Crippen LogP contribution in [0.4, 0.5) is 5.69 Å². The summed E-state index contributed by atoms with van der Waals surface area (Å²) in [6.45, 7) is 1.37. The highest BCUT2D eigenvalue weighted by Crippen LogP contribution is 2.29. The Bertz CT molecular complexity index is 1500. The molecule has 0 saturated heterocycles. The minimum Gasteiger partial charge on any atom is -0.352 e. The van der Waals surface area contributed by atoms with E-state index in [-0.39, 0.29) is 24.9 Å². The number of hydrogen-bond acceptors (Lipinski definition) is 4. The highest BCUT2D eigenvalue weighted by molar-refractivity contribution is 9.10. The van der Waals surface area contributed by atoms with Crippen molar-refractivity contribution < 1.29 is 18.0 Å². The average Bonchev–Trinajstić information content (AvgIpc) is 2.95. The van der Waals surface area contributed by atoms with Crippen LogP contribution in [-0.2, 0) is 32.6 Å². The van der Waals surface area contributed by atoms with Gasteiger partial charge in [-0.15, -0.1) is 0 Å². The second-order valence-corrected chi connectivity index (χ2v) is 14.1. The van der Waals surface area contributed by atoms with Crippen LogP contribution >= 0.6 is 27.5 Å². The zero-order valence-corrected chi connectivity index (χ0v) is 27.1. The molecule has 4 rings (SSSR count). The summed E-state index contributed by atoms with van der Waals surface area (Å²) in [4.78, 5) is 29.8. The lowest BCUT2D eigenvalue weighted by molar-refractivity contribution is -0.140. The van der Waals surface area contributed by atoms with Crippen molar-refractivity contribution in [1.82, 2.24) is 10.2 Å². The number of anilines is 1. The second-order valence-electron chi connectivity index (χ2n) is 10.9. The predicted octanol–water partition coefficient (Wildman–Crippen LogP) is 6.27. The van der Waals surface area contributed by atoms with Gasteiger partial charge in [0.25, 0.3) is 0 Å². The van der Waals surface area contributed by atoms with Crippen LogP contribution in [-0.4, -0.2) is 50.0 Å². The number of hydrogen-bond donors (Lipinski definition) is 1. The summed E-state index contributed by atoms with van der Waals surface area (Å²) in [6.07, 6.45) is 6.41. The van der Waals surface area contributed by atoms with Gasteiger partial charge in [0, 0.05) is 28.5 Å². The number of rotatable bonds is 11. The van der Waals surface area contributed by atoms with Crippen molar-refractivity contribution in [2.75, 3.05) is 17.1 Å². The van der Waals surface area contributed by atoms with Crippen LogP contribution in [0.2, 0.25) is 5.02 Å². The molecule has 1 atom stereocenters. The van der Waals surface area contributed by atoms with Crippen molar-refractivity contribution >= 4 is 55.1 Å². The fraction of sp³-hybridized carbons (Fsp3) is 0.375. The average molecular weight is 675 g/mol. The molecule has 0 aliphatic heterocycles. The first kappa shape index (κ1) is 32.0. The van der Waals surface area contributed by atoms with E-state index < -0.39 is 28.5 Å². The molecule has 42 heavy (non-hydrogen) atoms. The fourth-order valence-corrected chi connectivity index (χ4v) is 6.91. The maximum atomic E-state index is 14.3. The molecule has 0 heterocycles. The molecule has 3 aromatic carbocycles. The minimum atomic E-state index is -3.87. The van der Waals surface area contributed by atoms with Gasteiger partial charge in [-0.05, 0) is 60.7 Å². The van der Waals surface area contributed by atoms with Gasteiger partial charge in [-0.25, -0.2) is 8.42 Å². The zero-order valence-electron chi connectivity index (χ0n) is 23.9. The van der Waals surface area contributed by atoms with Crippen LogP contribution in [0.25, 0.3) is 0 Å². The van der Waals surface area contributed by atoms with Gasteiger partial charge in [0.05, 0.1) is 11.9 Å². The molecule has 10 heteroatoms. The molecule has 1 aliphatic carbocycles. The van der Waals surface area contributed by atoms with Crippen LogP contribution in [0.5, 0.6) is 0 Å². The molecular formula is C32H37BrClN3O4S. The third-order valence-corrected chi connectivity index (χ3v) is 9.68. The number of nitrogens with zero attached hydrogens (tertiary/aromatic N) is 2. The Morgan fingerprint density at radius 2 is 1.64 bits per heavy atom. The number of carbonyl (C=O) groups excluding carboxylic acids is 2. The standard InChI is InChI=1S/C32H37BrClN3O4S/c1-23-28(34)17-10-18-29(23)37(42(2,40)41)22-31(38)36(21-25-13-9-14-26(33)19-25)30(20-24-11-5-3-6-12-24)32(39)35-27-15-7-4-8-16-27/h3,5-6,9-14,17-19,27,30H,4,7-8,15-16,20-22H2,1-2H3,(H,35,39)/t30-/m1/s1. The number of benzene rings is 3. The highest BCUT2D eigenvalue weighted by Gasteiger charge is 2.34. The summed E-state index contributed by atoms with van der Waals surface area (Å²) < 4.78 is 28.0. The van der Waals surface area contributed by atoms with Crippen LogP contribution in [0.3, 0.4) is 0 Å². The Balaban J connectivity index is 1.74. The molecule has 0 spiro atoms. The summed E-state index contributed by atoms with van der Waals surface area (Å²) in [5, 5.41) is 3.61. The summed E-state index contributed by atoms with van der Waals surface area (Å²) in [5.41, 5.74) is 2.59. The van der Waals surface area contributed by atoms with Gasteiger partial charge in [0.1, 0.15) is 12.6 Å². The number of halogens is 2. The Morgan fingerprint density at radius 1 is 0.976 bits per heavy atom. The van der Waals surface area contributed by atoms with E-state index in [2.05, 4.69) is 21.2 Å². The highest BCUT2D eigenvalue weighted by atomic mass is 79.9. The molecule has 1 N–H and O–H groups in total. The van der Waals surface area contributed by atoms with Gasteiger partial charge < -0.3 is 10.2 Å². The molecule has 2 amide bonds. The van der Waals surface area contributed by atoms with E-state index in [0.29, 0.717) is 16.3 Å². The first-order valence-corrected chi connectivity index (χ1v) is 17.2. The lowest BCUT2D eigenvalue weighted by Crippen LogP contribution is -2.55. The first-order valence-electron chi connectivity index (χ1n) is 14.1. The Kier molecular flexibility index (Phi) is 11.1. The van der Waals surface area contributed by atoms with Crippen molar-refractivity contribution in [1.29, 1.82) is 0 Å². The van der Waals surface area contributed by atoms with Gasteiger partial charge in [0.2, 0.25) is 21.8 Å². The van der Waals surface area contributed by atoms with Crippen LogP contribution in [0.15, 0.2) is 77.3 Å². The van der Waals surface area contributed by atoms with Crippen molar-refractivity contribution in [2.45, 2.75) is 64.1 Å². The Hall–Kier alpha value is -2.88. The summed E-state index contributed by atoms with van der Waals surface area (Å²) in [7, 11) is -3.87. The molecule has 1 saturated carbocycles. The van der Waals surface area contributed by atoms with Crippen molar-refractivity contribution in [3.63, 3.8) is 0 Å². The molecule has 3 aromatic rings. The van der Waals surface area contributed by atoms with Crippen molar-refractivity contribution in [3.05, 3.63) is 99.0 Å². The van der Waals surface area contributed by atoms with Crippen LogP contribution in [0.1, 0.15) is 48.8 Å². The fourth-order valence-electron chi connectivity index (χ4n) is 5.39. The van der Waals surface area contributed by atoms with Gasteiger partial charge in [-0.2, -0.15) is 0 Å². The zero-order chi connectivity index (χ0) is 30.3. The molecule has 224 valence electrons. The lowest BCUT2D eigenvalue weighted by atomic mass is 9.94. The lowest BCUT2D eigenvalue weighted by Gasteiger charge is -2.35. The summed E-state index contributed by atoms with van der Waals surface area (Å²) >= 11 is 9.83. The van der Waals surface area contributed by atoms with Crippen LogP contribution in [0, 0.1) is 6.92 Å². The van der Waals surface area contributed by atoms with E-state index in [1.54, 1.807) is 25.1 Å². The maximum Gasteiger partial charge on any atom is 0.244 e. The molecule has 0 radical (unpaired) electrons. The van der Waals surface area contributed by atoms with E-state index in [0.717, 1.165) is 58.3 Å². The van der Waals surface area contributed by atoms with E-state index in [1.165, 1.54) is 4.90 Å². The quantitative estimate of drug-likeness (QED) is 0.260. The van der Waals surface area contributed by atoms with E-state index >= 15 is 0 Å². The maximum absolute atomic E-state index is 14.3. The molecular weight excluding hydrogens is 638 g/mol. The molecule has 0 aromatic heterocycles. The predicted molar refractivity (Wildman–Crippen MR) is 172 cm³/mol. The van der Waals surface area contributed by atoms with E-state index in [1.807, 2.05) is 54.6 Å². The number of carbonyl (C=O) groups is 2. The first-order chi connectivity index (χ1) is 20.0. The largest absolute Gasteiger partial charge is 0.352 e. The number of amides is 2. The molecule has 1 fully saturated rings. The Morgan fingerprint density at radius 3 is 2.31 bits per heavy atom. The normalized spacial score (nSPS) is 14.7. The van der Waals surface area contributed by atoms with Gasteiger partial charge in [-0.1, -0.05) is 95.3 Å². The number of nitrogens with one attached hydrogen (secondary N) is 1. The molecule has 1 aliphatic rings. The molecule has 0 bridgehead atoms. The Labute approximate surface area is 262 Å². The van der Waals surface area contributed by atoms with Gasteiger partial charge in [-0.3, -0.25) is 13.9 Å². The van der Waals surface area contributed by atoms with Gasteiger partial charge >= 0.3 is 0 Å². The van der Waals surface area contributed by atoms with Crippen molar-refractivity contribution in [2.24, 2.45) is 0 Å². The van der Waals surface area contributed by atoms with Crippen molar-refractivity contribution in [3.8, 4) is 0 Å². The minimum absolute atomic E-state index is 0.0500. The van der Waals surface area contributed by atoms with E-state index in [4.69, 9.17) is 11.6 Å². The summed E-state index contributed by atoms with van der Waals surface area (Å²) in [5.74, 6) is -0.724. The molecule has 7 nitrogen and oxygen atoms in total. The third-order valence-electron chi connectivity index (χ3n) is 7.65. The summed E-state index contributed by atoms with van der Waals surface area (Å²) in [6, 6.07) is 21.3. The molecule has 0 unspecified atom stereocenters. The SMILES string of the molecule is Cc1c(Cl)cccc1N(CC(=O)N(Cc1cccc(Br)c1)[C@H](Cc1ccccc1)C(=O)NC1CCCCC1)S(C)(=O)=O. The van der Waals surface area contributed by atoms with Crippen LogP contribution < -0.4 is 9.62 Å². The van der Waals surface area contributed by atoms with E-state index in [9.17, 15) is 18.0 Å². The topological polar surface area (TPSA) is 86.8 Å². The van der Waals surface area contributed by atoms with Gasteiger partial charge in [0.15, 0.2) is 0 Å². The number of sulfonamides is 1. The monoisotopic (exact) mass is 673 g/mol.